The van der Waals surface area contributed by atoms with Crippen molar-refractivity contribution in [3.63, 3.8) is 0 Å². The van der Waals surface area contributed by atoms with Gasteiger partial charge in [0.15, 0.2) is 0 Å². The normalized spacial score (nSPS) is 10.2. The molecule has 2 amide bonds. The Balaban J connectivity index is 1.75. The van der Waals surface area contributed by atoms with Crippen LogP contribution in [0.4, 0.5) is 11.4 Å². The van der Waals surface area contributed by atoms with Gasteiger partial charge < -0.3 is 10.6 Å². The Morgan fingerprint density at radius 3 is 2.19 bits per heavy atom. The SMILES string of the molecule is Cc1c(Cl)cccc1NC(=O)c1cccc(NC(=O)c2ccccc2)c1. The zero-order chi connectivity index (χ0) is 18.5. The minimum absolute atomic E-state index is 0.228. The number of nitrogens with one attached hydrogen (secondary N) is 2. The first kappa shape index (κ1) is 17.7. The van der Waals surface area contributed by atoms with Crippen LogP contribution in [0.3, 0.4) is 0 Å². The largest absolute Gasteiger partial charge is 0.322 e. The molecule has 0 aliphatic carbocycles. The summed E-state index contributed by atoms with van der Waals surface area (Å²) < 4.78 is 0. The van der Waals surface area contributed by atoms with E-state index >= 15 is 0 Å². The van der Waals surface area contributed by atoms with E-state index in [0.29, 0.717) is 27.5 Å². The fourth-order valence-electron chi connectivity index (χ4n) is 2.47. The Morgan fingerprint density at radius 1 is 0.769 bits per heavy atom. The molecule has 0 aliphatic rings. The quantitative estimate of drug-likeness (QED) is 0.672. The molecule has 2 N–H and O–H groups in total. The van der Waals surface area contributed by atoms with Gasteiger partial charge in [-0.25, -0.2) is 0 Å². The molecule has 0 fully saturated rings. The zero-order valence-corrected chi connectivity index (χ0v) is 14.9. The van der Waals surface area contributed by atoms with Gasteiger partial charge >= 0.3 is 0 Å². The van der Waals surface area contributed by atoms with E-state index in [9.17, 15) is 9.59 Å². The summed E-state index contributed by atoms with van der Waals surface area (Å²) in [4.78, 5) is 24.8. The van der Waals surface area contributed by atoms with E-state index < -0.39 is 0 Å². The van der Waals surface area contributed by atoms with Crippen LogP contribution in [0, 0.1) is 6.92 Å². The van der Waals surface area contributed by atoms with E-state index in [1.54, 1.807) is 66.7 Å². The fraction of sp³-hybridized carbons (Fsp3) is 0.0476. The molecule has 26 heavy (non-hydrogen) atoms. The van der Waals surface area contributed by atoms with Gasteiger partial charge in [-0.15, -0.1) is 0 Å². The summed E-state index contributed by atoms with van der Waals surface area (Å²) in [6, 6.07) is 21.0. The van der Waals surface area contributed by atoms with E-state index in [-0.39, 0.29) is 11.8 Å². The van der Waals surface area contributed by atoms with Crippen molar-refractivity contribution in [3.05, 3.63) is 94.5 Å². The lowest BCUT2D eigenvalue weighted by atomic mass is 10.1. The van der Waals surface area contributed by atoms with Crippen LogP contribution in [0.15, 0.2) is 72.8 Å². The standard InChI is InChI=1S/C21H17ClN2O2/c1-14-18(22)11-6-12-19(14)24-21(26)16-9-5-10-17(13-16)23-20(25)15-7-3-2-4-8-15/h2-13H,1H3,(H,23,25)(H,24,26). The van der Waals surface area contributed by atoms with E-state index in [4.69, 9.17) is 11.6 Å². The lowest BCUT2D eigenvalue weighted by Gasteiger charge is -2.11. The van der Waals surface area contributed by atoms with Crippen molar-refractivity contribution < 1.29 is 9.59 Å². The van der Waals surface area contributed by atoms with Crippen LogP contribution in [0.2, 0.25) is 5.02 Å². The summed E-state index contributed by atoms with van der Waals surface area (Å²) >= 11 is 6.09. The second-order valence-corrected chi connectivity index (χ2v) is 6.17. The first-order valence-corrected chi connectivity index (χ1v) is 8.45. The van der Waals surface area contributed by atoms with Crippen LogP contribution in [0.5, 0.6) is 0 Å². The molecule has 0 heterocycles. The molecule has 5 heteroatoms. The second-order valence-electron chi connectivity index (χ2n) is 5.77. The number of halogens is 1. The summed E-state index contributed by atoms with van der Waals surface area (Å²) in [6.45, 7) is 1.84. The summed E-state index contributed by atoms with van der Waals surface area (Å²) in [5.41, 5.74) is 3.00. The molecule has 0 atom stereocenters. The van der Waals surface area contributed by atoms with Gasteiger partial charge in [0, 0.05) is 27.5 Å². The van der Waals surface area contributed by atoms with Crippen molar-refractivity contribution in [3.8, 4) is 0 Å². The number of hydrogen-bond donors (Lipinski definition) is 2. The highest BCUT2D eigenvalue weighted by Crippen LogP contribution is 2.23. The van der Waals surface area contributed by atoms with Crippen LogP contribution in [0.1, 0.15) is 26.3 Å². The molecular formula is C21H17ClN2O2. The van der Waals surface area contributed by atoms with Gasteiger partial charge in [-0.1, -0.05) is 41.9 Å². The maximum atomic E-state index is 12.5. The molecule has 3 aromatic carbocycles. The topological polar surface area (TPSA) is 58.2 Å². The van der Waals surface area contributed by atoms with Crippen LogP contribution in [0.25, 0.3) is 0 Å². The van der Waals surface area contributed by atoms with Crippen LogP contribution in [-0.4, -0.2) is 11.8 Å². The van der Waals surface area contributed by atoms with Gasteiger partial charge in [-0.3, -0.25) is 9.59 Å². The van der Waals surface area contributed by atoms with Crippen molar-refractivity contribution >= 4 is 34.8 Å². The molecule has 0 radical (unpaired) electrons. The van der Waals surface area contributed by atoms with Crippen LogP contribution in [-0.2, 0) is 0 Å². The summed E-state index contributed by atoms with van der Waals surface area (Å²) in [5, 5.41) is 6.23. The maximum absolute atomic E-state index is 12.5. The molecule has 0 saturated carbocycles. The fourth-order valence-corrected chi connectivity index (χ4v) is 2.64. The van der Waals surface area contributed by atoms with Crippen LogP contribution < -0.4 is 10.6 Å². The summed E-state index contributed by atoms with van der Waals surface area (Å²) in [7, 11) is 0. The third-order valence-corrected chi connectivity index (χ3v) is 4.34. The van der Waals surface area contributed by atoms with Gasteiger partial charge in [0.2, 0.25) is 0 Å². The number of benzene rings is 3. The Kier molecular flexibility index (Phi) is 5.34. The van der Waals surface area contributed by atoms with E-state index in [2.05, 4.69) is 10.6 Å². The van der Waals surface area contributed by atoms with E-state index in [1.165, 1.54) is 0 Å². The van der Waals surface area contributed by atoms with E-state index in [0.717, 1.165) is 5.56 Å². The minimum Gasteiger partial charge on any atom is -0.322 e. The van der Waals surface area contributed by atoms with Crippen molar-refractivity contribution in [2.45, 2.75) is 6.92 Å². The van der Waals surface area contributed by atoms with Crippen LogP contribution >= 0.6 is 11.6 Å². The third-order valence-electron chi connectivity index (χ3n) is 3.93. The Morgan fingerprint density at radius 2 is 1.42 bits per heavy atom. The van der Waals surface area contributed by atoms with Gasteiger partial charge in [-0.2, -0.15) is 0 Å². The summed E-state index contributed by atoms with van der Waals surface area (Å²) in [5.74, 6) is -0.500. The molecule has 3 aromatic rings. The number of anilines is 2. The molecule has 3 rings (SSSR count). The second kappa shape index (κ2) is 7.85. The molecule has 130 valence electrons. The Labute approximate surface area is 156 Å². The zero-order valence-electron chi connectivity index (χ0n) is 14.1. The number of carbonyl (C=O) groups excluding carboxylic acids is 2. The Bertz CT molecular complexity index is 955. The number of amides is 2. The predicted molar refractivity (Wildman–Crippen MR) is 105 cm³/mol. The van der Waals surface area contributed by atoms with Gasteiger partial charge in [-0.05, 0) is 55.0 Å². The Hall–Kier alpha value is -3.11. The predicted octanol–water partition coefficient (Wildman–Crippen LogP) is 5.15. The molecule has 0 saturated heterocycles. The highest BCUT2D eigenvalue weighted by molar-refractivity contribution is 6.31. The lowest BCUT2D eigenvalue weighted by Crippen LogP contribution is -2.15. The summed E-state index contributed by atoms with van der Waals surface area (Å²) in [6.07, 6.45) is 0. The lowest BCUT2D eigenvalue weighted by molar-refractivity contribution is 0.101. The van der Waals surface area contributed by atoms with Crippen molar-refractivity contribution in [1.29, 1.82) is 0 Å². The van der Waals surface area contributed by atoms with Gasteiger partial charge in [0.05, 0.1) is 0 Å². The van der Waals surface area contributed by atoms with E-state index in [1.807, 2.05) is 13.0 Å². The monoisotopic (exact) mass is 364 g/mol. The molecule has 0 aliphatic heterocycles. The molecule has 0 unspecified atom stereocenters. The molecular weight excluding hydrogens is 348 g/mol. The molecule has 4 nitrogen and oxygen atoms in total. The van der Waals surface area contributed by atoms with Crippen molar-refractivity contribution in [1.82, 2.24) is 0 Å². The number of hydrogen-bond acceptors (Lipinski definition) is 2. The third kappa shape index (κ3) is 4.10. The molecule has 0 aromatic heterocycles. The number of carbonyl (C=O) groups is 2. The average molecular weight is 365 g/mol. The minimum atomic E-state index is -0.272. The number of rotatable bonds is 4. The first-order chi connectivity index (χ1) is 12.5. The average Bonchev–Trinajstić information content (AvgIpc) is 2.66. The molecule has 0 bridgehead atoms. The molecule has 0 spiro atoms. The first-order valence-electron chi connectivity index (χ1n) is 8.07. The maximum Gasteiger partial charge on any atom is 0.255 e. The van der Waals surface area contributed by atoms with Crippen molar-refractivity contribution in [2.75, 3.05) is 10.6 Å². The van der Waals surface area contributed by atoms with Gasteiger partial charge in [0.1, 0.15) is 0 Å². The van der Waals surface area contributed by atoms with Gasteiger partial charge in [0.25, 0.3) is 11.8 Å². The highest BCUT2D eigenvalue weighted by atomic mass is 35.5. The highest BCUT2D eigenvalue weighted by Gasteiger charge is 2.11. The smallest absolute Gasteiger partial charge is 0.255 e. The van der Waals surface area contributed by atoms with Crippen molar-refractivity contribution in [2.24, 2.45) is 0 Å².